The van der Waals surface area contributed by atoms with Gasteiger partial charge in [-0.3, -0.25) is 4.68 Å². The normalized spacial score (nSPS) is 12.8. The molecule has 0 saturated heterocycles. The third-order valence-corrected chi connectivity index (χ3v) is 4.19. The van der Waals surface area contributed by atoms with Crippen molar-refractivity contribution >= 4 is 15.9 Å². The van der Waals surface area contributed by atoms with Crippen molar-refractivity contribution in [2.75, 3.05) is 0 Å². The number of halogens is 1. The maximum Gasteiger partial charge on any atom is 0.211 e. The van der Waals surface area contributed by atoms with Crippen LogP contribution >= 0.6 is 15.9 Å². The first-order valence-electron chi connectivity index (χ1n) is 6.96. The molecule has 5 nitrogen and oxygen atoms in total. The van der Waals surface area contributed by atoms with Crippen molar-refractivity contribution in [2.24, 2.45) is 0 Å². The Labute approximate surface area is 127 Å². The molecule has 2 aromatic heterocycles. The van der Waals surface area contributed by atoms with E-state index in [4.69, 9.17) is 4.42 Å². The Bertz CT molecular complexity index is 576. The van der Waals surface area contributed by atoms with Gasteiger partial charge in [-0.1, -0.05) is 6.92 Å². The number of rotatable bonds is 6. The molecule has 6 heteroatoms. The quantitative estimate of drug-likeness (QED) is 0.875. The second kappa shape index (κ2) is 6.54. The fraction of sp³-hybridized carbons (Fsp3) is 0.571. The molecule has 0 fully saturated rings. The molecule has 0 aliphatic rings. The number of aromatic nitrogens is 3. The summed E-state index contributed by atoms with van der Waals surface area (Å²) in [6.07, 6.45) is 2.67. The topological polar surface area (TPSA) is 55.9 Å². The van der Waals surface area contributed by atoms with Gasteiger partial charge in [0, 0.05) is 13.1 Å². The van der Waals surface area contributed by atoms with E-state index in [1.54, 1.807) is 6.20 Å². The monoisotopic (exact) mass is 340 g/mol. The minimum absolute atomic E-state index is 0.0703. The van der Waals surface area contributed by atoms with E-state index in [1.807, 2.05) is 18.5 Å². The van der Waals surface area contributed by atoms with Crippen LogP contribution in [0.4, 0.5) is 0 Å². The predicted octanol–water partition coefficient (Wildman–Crippen LogP) is 3.38. The molecular formula is C14H21BrN4O. The van der Waals surface area contributed by atoms with Crippen molar-refractivity contribution in [3.8, 4) is 0 Å². The maximum atomic E-state index is 5.54. The van der Waals surface area contributed by atoms with Gasteiger partial charge in [0.1, 0.15) is 5.76 Å². The molecule has 0 aliphatic heterocycles. The number of oxazole rings is 1. The van der Waals surface area contributed by atoms with Gasteiger partial charge in [0.05, 0.1) is 28.1 Å². The SMILES string of the molecule is CCc1nn(CC)c(CNC(C)c2ncc(C)o2)c1Br. The van der Waals surface area contributed by atoms with Crippen molar-refractivity contribution in [1.82, 2.24) is 20.1 Å². The molecule has 0 bridgehead atoms. The van der Waals surface area contributed by atoms with E-state index >= 15 is 0 Å². The Morgan fingerprint density at radius 1 is 1.45 bits per heavy atom. The molecule has 0 saturated carbocycles. The lowest BCUT2D eigenvalue weighted by atomic mass is 10.2. The fourth-order valence-electron chi connectivity index (χ4n) is 2.10. The molecular weight excluding hydrogens is 320 g/mol. The van der Waals surface area contributed by atoms with Gasteiger partial charge in [-0.2, -0.15) is 5.10 Å². The van der Waals surface area contributed by atoms with E-state index in [9.17, 15) is 0 Å². The zero-order chi connectivity index (χ0) is 14.7. The Hall–Kier alpha value is -1.14. The number of nitrogens with zero attached hydrogens (tertiary/aromatic N) is 3. The van der Waals surface area contributed by atoms with Crippen LogP contribution in [0, 0.1) is 6.92 Å². The van der Waals surface area contributed by atoms with Gasteiger partial charge >= 0.3 is 0 Å². The molecule has 1 unspecified atom stereocenters. The highest BCUT2D eigenvalue weighted by atomic mass is 79.9. The van der Waals surface area contributed by atoms with Gasteiger partial charge < -0.3 is 9.73 Å². The molecule has 0 amide bonds. The van der Waals surface area contributed by atoms with Crippen LogP contribution in [0.1, 0.15) is 49.9 Å². The first-order valence-corrected chi connectivity index (χ1v) is 7.75. The summed E-state index contributed by atoms with van der Waals surface area (Å²) in [5.74, 6) is 1.55. The van der Waals surface area contributed by atoms with E-state index < -0.39 is 0 Å². The summed E-state index contributed by atoms with van der Waals surface area (Å²) < 4.78 is 8.67. The molecule has 0 spiro atoms. The van der Waals surface area contributed by atoms with Gasteiger partial charge in [-0.15, -0.1) is 0 Å². The molecule has 110 valence electrons. The fourth-order valence-corrected chi connectivity index (χ4v) is 2.80. The van der Waals surface area contributed by atoms with Gasteiger partial charge in [0.15, 0.2) is 0 Å². The van der Waals surface area contributed by atoms with Crippen LogP contribution in [0.15, 0.2) is 15.1 Å². The minimum atomic E-state index is 0.0703. The largest absolute Gasteiger partial charge is 0.444 e. The highest BCUT2D eigenvalue weighted by molar-refractivity contribution is 9.10. The lowest BCUT2D eigenvalue weighted by Crippen LogP contribution is -2.20. The lowest BCUT2D eigenvalue weighted by Gasteiger charge is -2.11. The molecule has 20 heavy (non-hydrogen) atoms. The third-order valence-electron chi connectivity index (χ3n) is 3.28. The number of nitrogens with one attached hydrogen (secondary N) is 1. The van der Waals surface area contributed by atoms with Crippen LogP contribution in [0.2, 0.25) is 0 Å². The summed E-state index contributed by atoms with van der Waals surface area (Å²) in [5.41, 5.74) is 2.27. The van der Waals surface area contributed by atoms with Crippen molar-refractivity contribution < 1.29 is 4.42 Å². The van der Waals surface area contributed by atoms with Gasteiger partial charge in [-0.05, 0) is 43.1 Å². The van der Waals surface area contributed by atoms with Crippen molar-refractivity contribution in [2.45, 2.75) is 53.2 Å². The molecule has 2 rings (SSSR count). The van der Waals surface area contributed by atoms with Gasteiger partial charge in [0.2, 0.25) is 5.89 Å². The zero-order valence-corrected chi connectivity index (χ0v) is 14.0. The molecule has 1 atom stereocenters. The molecule has 0 radical (unpaired) electrons. The van der Waals surface area contributed by atoms with Crippen molar-refractivity contribution in [3.63, 3.8) is 0 Å². The second-order valence-electron chi connectivity index (χ2n) is 4.79. The van der Waals surface area contributed by atoms with Crippen LogP contribution in [0.5, 0.6) is 0 Å². The van der Waals surface area contributed by atoms with E-state index in [0.29, 0.717) is 0 Å². The lowest BCUT2D eigenvalue weighted by molar-refractivity contribution is 0.397. The Kier molecular flexibility index (Phi) is 4.99. The van der Waals surface area contributed by atoms with E-state index in [2.05, 4.69) is 45.2 Å². The molecule has 2 aromatic rings. The Balaban J connectivity index is 2.08. The number of hydrogen-bond acceptors (Lipinski definition) is 4. The standard InChI is InChI=1S/C14H21BrN4O/c1-5-11-13(15)12(19(6-2)18-11)8-16-10(4)14-17-7-9(3)20-14/h7,10,16H,5-6,8H2,1-4H3. The van der Waals surface area contributed by atoms with Gasteiger partial charge in [0.25, 0.3) is 0 Å². The number of hydrogen-bond donors (Lipinski definition) is 1. The summed E-state index contributed by atoms with van der Waals surface area (Å²) in [5, 5.41) is 8.03. The predicted molar refractivity (Wildman–Crippen MR) is 81.5 cm³/mol. The zero-order valence-electron chi connectivity index (χ0n) is 12.4. The maximum absolute atomic E-state index is 5.54. The highest BCUT2D eigenvalue weighted by Gasteiger charge is 2.16. The molecule has 2 heterocycles. The average molecular weight is 341 g/mol. The Morgan fingerprint density at radius 2 is 2.20 bits per heavy atom. The van der Waals surface area contributed by atoms with Crippen LogP contribution in [-0.2, 0) is 19.5 Å². The average Bonchev–Trinajstić information content (AvgIpc) is 3.00. The van der Waals surface area contributed by atoms with E-state index in [0.717, 1.165) is 41.3 Å². The van der Waals surface area contributed by atoms with Crippen LogP contribution in [-0.4, -0.2) is 14.8 Å². The smallest absolute Gasteiger partial charge is 0.211 e. The summed E-state index contributed by atoms with van der Waals surface area (Å²) in [7, 11) is 0. The van der Waals surface area contributed by atoms with Crippen molar-refractivity contribution in [1.29, 1.82) is 0 Å². The third kappa shape index (κ3) is 3.12. The molecule has 0 aromatic carbocycles. The van der Waals surface area contributed by atoms with E-state index in [-0.39, 0.29) is 6.04 Å². The first-order chi connectivity index (χ1) is 9.56. The van der Waals surface area contributed by atoms with Crippen LogP contribution in [0.3, 0.4) is 0 Å². The van der Waals surface area contributed by atoms with Crippen molar-refractivity contribution in [3.05, 3.63) is 33.7 Å². The summed E-state index contributed by atoms with van der Waals surface area (Å²) >= 11 is 3.65. The summed E-state index contributed by atoms with van der Waals surface area (Å²) in [6, 6.07) is 0.0703. The Morgan fingerprint density at radius 3 is 2.75 bits per heavy atom. The van der Waals surface area contributed by atoms with Gasteiger partial charge in [-0.25, -0.2) is 4.98 Å². The van der Waals surface area contributed by atoms with Crippen LogP contribution in [0.25, 0.3) is 0 Å². The summed E-state index contributed by atoms with van der Waals surface area (Å²) in [4.78, 5) is 4.25. The highest BCUT2D eigenvalue weighted by Crippen LogP contribution is 2.23. The number of aryl methyl sites for hydroxylation is 3. The van der Waals surface area contributed by atoms with Crippen LogP contribution < -0.4 is 5.32 Å². The van der Waals surface area contributed by atoms with E-state index in [1.165, 1.54) is 5.69 Å². The molecule has 0 aliphatic carbocycles. The summed E-state index contributed by atoms with van der Waals surface area (Å²) in [6.45, 7) is 9.75. The first kappa shape index (κ1) is 15.3. The second-order valence-corrected chi connectivity index (χ2v) is 5.58. The minimum Gasteiger partial charge on any atom is -0.444 e. The molecule has 1 N–H and O–H groups in total.